The average molecular weight is 167 g/mol. The van der Waals surface area contributed by atoms with Gasteiger partial charge in [0.2, 0.25) is 0 Å². The van der Waals surface area contributed by atoms with Crippen molar-refractivity contribution in [3.8, 4) is 0 Å². The fourth-order valence-corrected chi connectivity index (χ4v) is 1.49. The Hall–Kier alpha value is -0.760. The molecule has 0 bridgehead atoms. The van der Waals surface area contributed by atoms with Crippen LogP contribution in [0.25, 0.3) is 0 Å². The van der Waals surface area contributed by atoms with Crippen LogP contribution in [-0.4, -0.2) is 10.6 Å². The Kier molecular flexibility index (Phi) is 2.04. The van der Waals surface area contributed by atoms with Gasteiger partial charge in [0.25, 0.3) is 0 Å². The zero-order valence-corrected chi connectivity index (χ0v) is 8.18. The molecule has 0 aromatic carbocycles. The van der Waals surface area contributed by atoms with Crippen LogP contribution in [0.1, 0.15) is 27.7 Å². The summed E-state index contributed by atoms with van der Waals surface area (Å²) in [5.74, 6) is 0.588. The highest BCUT2D eigenvalue weighted by atomic mass is 16.3. The average Bonchev–Trinajstić information content (AvgIpc) is 1.99. The maximum absolute atomic E-state index is 9.50. The van der Waals surface area contributed by atoms with Crippen LogP contribution in [0.5, 0.6) is 0 Å². The summed E-state index contributed by atoms with van der Waals surface area (Å²) in [5, 5.41) is 9.50. The quantitative estimate of drug-likeness (QED) is 0.580. The van der Waals surface area contributed by atoms with E-state index >= 15 is 0 Å². The zero-order valence-electron chi connectivity index (χ0n) is 8.18. The van der Waals surface area contributed by atoms with E-state index in [1.54, 1.807) is 6.08 Å². The van der Waals surface area contributed by atoms with E-state index in [0.29, 0.717) is 5.76 Å². The topological polar surface area (TPSA) is 46.2 Å². The molecule has 0 aromatic rings. The predicted octanol–water partition coefficient (Wildman–Crippen LogP) is 2.13. The summed E-state index contributed by atoms with van der Waals surface area (Å²) in [6.45, 7) is 7.93. The lowest BCUT2D eigenvalue weighted by Gasteiger charge is -2.36. The summed E-state index contributed by atoms with van der Waals surface area (Å²) in [4.78, 5) is 0. The second-order valence-corrected chi connectivity index (χ2v) is 3.90. The molecule has 1 rings (SSSR count). The largest absolute Gasteiger partial charge is 0.508 e. The molecule has 1 aliphatic rings. The molecule has 2 nitrogen and oxygen atoms in total. The molecule has 2 unspecified atom stereocenters. The molecule has 0 spiro atoms. The van der Waals surface area contributed by atoms with Gasteiger partial charge in [-0.2, -0.15) is 0 Å². The lowest BCUT2D eigenvalue weighted by Crippen LogP contribution is -2.46. The van der Waals surface area contributed by atoms with E-state index < -0.39 is 0 Å². The summed E-state index contributed by atoms with van der Waals surface area (Å²) in [7, 11) is 0. The van der Waals surface area contributed by atoms with E-state index in [-0.39, 0.29) is 11.5 Å². The molecule has 3 N–H and O–H groups in total. The van der Waals surface area contributed by atoms with Crippen LogP contribution >= 0.6 is 0 Å². The third-order valence-corrected chi connectivity index (χ3v) is 3.16. The standard InChI is InChI=1S/C10H17NO/c1-6-5-9(12)7(2)8(3)10(6,4)11/h5,8,12H,11H2,1-4H3. The fourth-order valence-electron chi connectivity index (χ4n) is 1.49. The third kappa shape index (κ3) is 1.16. The summed E-state index contributed by atoms with van der Waals surface area (Å²) < 4.78 is 0. The van der Waals surface area contributed by atoms with Crippen molar-refractivity contribution in [3.63, 3.8) is 0 Å². The molecule has 0 saturated heterocycles. The Morgan fingerprint density at radius 3 is 2.50 bits per heavy atom. The van der Waals surface area contributed by atoms with Gasteiger partial charge >= 0.3 is 0 Å². The van der Waals surface area contributed by atoms with Crippen molar-refractivity contribution in [1.29, 1.82) is 0 Å². The summed E-state index contributed by atoms with van der Waals surface area (Å²) in [6, 6.07) is 0. The van der Waals surface area contributed by atoms with Gasteiger partial charge in [0.05, 0.1) is 0 Å². The number of hydrogen-bond donors (Lipinski definition) is 2. The van der Waals surface area contributed by atoms with E-state index in [1.165, 1.54) is 0 Å². The molecule has 2 heteroatoms. The second kappa shape index (κ2) is 2.63. The number of aliphatic hydroxyl groups excluding tert-OH is 1. The summed E-state index contributed by atoms with van der Waals surface area (Å²) in [5.41, 5.74) is 7.81. The second-order valence-electron chi connectivity index (χ2n) is 3.90. The fraction of sp³-hybridized carbons (Fsp3) is 0.600. The van der Waals surface area contributed by atoms with Crippen molar-refractivity contribution in [2.24, 2.45) is 11.7 Å². The monoisotopic (exact) mass is 167 g/mol. The molecule has 0 radical (unpaired) electrons. The predicted molar refractivity (Wildman–Crippen MR) is 50.8 cm³/mol. The molecule has 0 heterocycles. The molecule has 0 saturated carbocycles. The lowest BCUT2D eigenvalue weighted by molar-refractivity contribution is 0.353. The Morgan fingerprint density at radius 2 is 2.00 bits per heavy atom. The molecule has 12 heavy (non-hydrogen) atoms. The van der Waals surface area contributed by atoms with Crippen molar-refractivity contribution in [3.05, 3.63) is 23.0 Å². The minimum absolute atomic E-state index is 0.211. The Morgan fingerprint density at radius 1 is 1.50 bits per heavy atom. The van der Waals surface area contributed by atoms with E-state index in [9.17, 15) is 5.11 Å². The van der Waals surface area contributed by atoms with Crippen molar-refractivity contribution in [1.82, 2.24) is 0 Å². The minimum atomic E-state index is -0.309. The summed E-state index contributed by atoms with van der Waals surface area (Å²) >= 11 is 0. The van der Waals surface area contributed by atoms with Gasteiger partial charge in [-0.3, -0.25) is 0 Å². The van der Waals surface area contributed by atoms with E-state index in [2.05, 4.69) is 0 Å². The van der Waals surface area contributed by atoms with Crippen LogP contribution < -0.4 is 5.73 Å². The molecular weight excluding hydrogens is 150 g/mol. The van der Waals surface area contributed by atoms with Gasteiger partial charge in [0, 0.05) is 11.5 Å². The van der Waals surface area contributed by atoms with Crippen LogP contribution in [-0.2, 0) is 0 Å². The Labute approximate surface area is 73.8 Å². The zero-order chi connectivity index (χ0) is 9.52. The molecule has 2 atom stereocenters. The van der Waals surface area contributed by atoms with E-state index in [1.807, 2.05) is 27.7 Å². The van der Waals surface area contributed by atoms with E-state index in [4.69, 9.17) is 5.73 Å². The Balaban J connectivity index is 3.16. The van der Waals surface area contributed by atoms with E-state index in [0.717, 1.165) is 11.1 Å². The first-order valence-corrected chi connectivity index (χ1v) is 4.24. The van der Waals surface area contributed by atoms with Gasteiger partial charge in [0.1, 0.15) is 5.76 Å². The highest BCUT2D eigenvalue weighted by Gasteiger charge is 2.33. The van der Waals surface area contributed by atoms with Gasteiger partial charge in [0.15, 0.2) is 0 Å². The van der Waals surface area contributed by atoms with Crippen molar-refractivity contribution >= 4 is 0 Å². The highest BCUT2D eigenvalue weighted by Crippen LogP contribution is 2.34. The Bertz CT molecular complexity index is 261. The molecule has 68 valence electrons. The smallest absolute Gasteiger partial charge is 0.114 e. The third-order valence-electron chi connectivity index (χ3n) is 3.16. The molecule has 1 aliphatic carbocycles. The van der Waals surface area contributed by atoms with Gasteiger partial charge in [-0.25, -0.2) is 0 Å². The van der Waals surface area contributed by atoms with Crippen LogP contribution in [0, 0.1) is 5.92 Å². The maximum Gasteiger partial charge on any atom is 0.114 e. The van der Waals surface area contributed by atoms with Crippen molar-refractivity contribution in [2.75, 3.05) is 0 Å². The van der Waals surface area contributed by atoms with Gasteiger partial charge < -0.3 is 10.8 Å². The van der Waals surface area contributed by atoms with Crippen LogP contribution in [0.15, 0.2) is 23.0 Å². The molecule has 0 aromatic heterocycles. The number of aliphatic hydroxyl groups is 1. The number of nitrogens with two attached hydrogens (primary N) is 1. The van der Waals surface area contributed by atoms with Crippen LogP contribution in [0.3, 0.4) is 0 Å². The molecule has 0 amide bonds. The lowest BCUT2D eigenvalue weighted by atomic mass is 9.74. The first kappa shape index (κ1) is 9.33. The maximum atomic E-state index is 9.50. The van der Waals surface area contributed by atoms with Gasteiger partial charge in [-0.05, 0) is 38.0 Å². The first-order chi connectivity index (χ1) is 5.37. The van der Waals surface area contributed by atoms with Crippen LogP contribution in [0.2, 0.25) is 0 Å². The molecule has 0 fully saturated rings. The number of rotatable bonds is 0. The first-order valence-electron chi connectivity index (χ1n) is 4.24. The van der Waals surface area contributed by atoms with Crippen molar-refractivity contribution in [2.45, 2.75) is 33.2 Å². The van der Waals surface area contributed by atoms with Crippen LogP contribution in [0.4, 0.5) is 0 Å². The number of hydrogen-bond acceptors (Lipinski definition) is 2. The van der Waals surface area contributed by atoms with Crippen molar-refractivity contribution < 1.29 is 5.11 Å². The summed E-state index contributed by atoms with van der Waals surface area (Å²) in [6.07, 6.45) is 1.76. The SMILES string of the molecule is CC1=CC(O)=C(C)C(C)C1(C)N. The molecule has 0 aliphatic heterocycles. The van der Waals surface area contributed by atoms with Gasteiger partial charge in [-0.15, -0.1) is 0 Å². The minimum Gasteiger partial charge on any atom is -0.508 e. The van der Waals surface area contributed by atoms with Gasteiger partial charge in [-0.1, -0.05) is 6.92 Å². The normalized spacial score (nSPS) is 36.8. The number of allylic oxidation sites excluding steroid dienone is 1. The highest BCUT2D eigenvalue weighted by molar-refractivity contribution is 5.36. The molecular formula is C10H17NO.